The molecule has 1 N–H and O–H groups in total. The Morgan fingerprint density at radius 3 is 2.08 bits per heavy atom. The maximum absolute atomic E-state index is 11.9. The minimum absolute atomic E-state index is 0. The summed E-state index contributed by atoms with van der Waals surface area (Å²) in [6.07, 6.45) is 3.73. The fourth-order valence-electron chi connectivity index (χ4n) is 7.21. The summed E-state index contributed by atoms with van der Waals surface area (Å²) in [5.74, 6) is -1.48. The molecule has 0 saturated heterocycles. The zero-order valence-electron chi connectivity index (χ0n) is 35.5. The monoisotopic (exact) mass is 1010 g/mol. The van der Waals surface area contributed by atoms with Gasteiger partial charge in [0.2, 0.25) is 0 Å². The molecule has 0 aliphatic rings. The molecular formula is C53H44IrN2O3SSi-2. The summed E-state index contributed by atoms with van der Waals surface area (Å²) in [5.41, 5.74) is 11.0. The summed E-state index contributed by atoms with van der Waals surface area (Å²) in [6.45, 7) is 10.6. The first-order chi connectivity index (χ1) is 29.4. The number of carbonyl (C=O) groups is 1. The van der Waals surface area contributed by atoms with Crippen molar-refractivity contribution in [3.8, 4) is 55.9 Å². The van der Waals surface area contributed by atoms with Gasteiger partial charge in [0.1, 0.15) is 0 Å². The zero-order chi connectivity index (χ0) is 42.7. The van der Waals surface area contributed by atoms with Crippen molar-refractivity contribution < 1.29 is 36.4 Å². The molecular weight excluding hydrogens is 965 g/mol. The number of aromatic nitrogens is 2. The molecule has 0 aliphatic heterocycles. The van der Waals surface area contributed by atoms with Crippen LogP contribution in [0, 0.1) is 12.1 Å². The molecule has 1 radical (unpaired) electrons. The number of thiophene rings is 1. The average Bonchev–Trinajstić information content (AvgIpc) is 3.67. The van der Waals surface area contributed by atoms with E-state index in [9.17, 15) is 4.79 Å². The van der Waals surface area contributed by atoms with Crippen LogP contribution in [0.3, 0.4) is 0 Å². The van der Waals surface area contributed by atoms with E-state index in [1.807, 2.05) is 86.8 Å². The second kappa shape index (κ2) is 18.8. The molecule has 8 heteroatoms. The van der Waals surface area contributed by atoms with Gasteiger partial charge in [0, 0.05) is 38.6 Å². The number of hydrogen-bond acceptors (Lipinski definition) is 6. The second-order valence-corrected chi connectivity index (χ2v) is 22.0. The number of hydrogen-bond donors (Lipinski definition) is 1. The third kappa shape index (κ3) is 9.55. The van der Waals surface area contributed by atoms with Gasteiger partial charge < -0.3 is 14.9 Å². The van der Waals surface area contributed by atoms with E-state index in [1.54, 1.807) is 17.5 Å². The summed E-state index contributed by atoms with van der Waals surface area (Å²) in [6, 6.07) is 57.6. The Hall–Kier alpha value is -5.86. The Kier molecular flexibility index (Phi) is 12.9. The Labute approximate surface area is 377 Å². The van der Waals surface area contributed by atoms with E-state index in [0.29, 0.717) is 5.56 Å². The van der Waals surface area contributed by atoms with E-state index in [-0.39, 0.29) is 25.7 Å². The molecule has 305 valence electrons. The van der Waals surface area contributed by atoms with Crippen LogP contribution in [0.2, 0.25) is 19.6 Å². The number of carbonyl (C=O) groups excluding carboxylic acids is 1. The van der Waals surface area contributed by atoms with Gasteiger partial charge in [-0.15, -0.1) is 47.5 Å². The standard InChI is InChI=1S/C32H24NS.C21H20NO3Si.Ir/c1-21(2)23-16-17-33-30(20-23)28-13-7-12-27-29-19-26(14-15-31(29)34-32(27)28)25-11-6-10-24(18-25)22-8-4-3-5-9-22;1-26(2,3)17-10-12-20(22-14-17)16-9-11-18(21(23)25-24)19(13-16)15-7-5-4-6-8-15;/h3-12,14-21H,1-2H3;4-8,10-14,24H,1-3H3;/q2*-1;/i21D;;. The SMILES string of the molecule is C[Si](C)(C)c1ccc(-c2[c-]cc(C(=O)OO)c(-c3ccccc3)c2)nc1.[2H]C(C)(C)c1ccnc(-c2[c-]ccc3c2sc2ccc(-c4cccc(-c5ccccc5)c4)cc23)c1.[Ir]. The number of fused-ring (bicyclic) bond motifs is 3. The van der Waals surface area contributed by atoms with Gasteiger partial charge in [-0.25, -0.2) is 5.26 Å². The van der Waals surface area contributed by atoms with Gasteiger partial charge in [-0.1, -0.05) is 153 Å². The first-order valence-corrected chi connectivity index (χ1v) is 24.1. The maximum atomic E-state index is 11.9. The van der Waals surface area contributed by atoms with Crippen LogP contribution < -0.4 is 5.19 Å². The molecule has 6 aromatic carbocycles. The molecule has 0 bridgehead atoms. The fourth-order valence-corrected chi connectivity index (χ4v) is 9.43. The van der Waals surface area contributed by atoms with Crippen LogP contribution in [0.15, 0.2) is 164 Å². The maximum Gasteiger partial charge on any atom is 0.333 e. The van der Waals surface area contributed by atoms with Crippen molar-refractivity contribution in [3.05, 3.63) is 187 Å². The first-order valence-electron chi connectivity index (χ1n) is 20.3. The molecule has 9 rings (SSSR count). The van der Waals surface area contributed by atoms with Crippen LogP contribution in [-0.2, 0) is 25.0 Å². The van der Waals surface area contributed by atoms with Gasteiger partial charge in [-0.3, -0.25) is 4.79 Å². The minimum atomic E-state index is -1.41. The van der Waals surface area contributed by atoms with Crippen LogP contribution in [-0.4, -0.2) is 29.3 Å². The molecule has 0 amide bonds. The van der Waals surface area contributed by atoms with E-state index < -0.39 is 19.9 Å². The van der Waals surface area contributed by atoms with Crippen molar-refractivity contribution in [2.75, 3.05) is 0 Å². The van der Waals surface area contributed by atoms with Crippen LogP contribution in [0.25, 0.3) is 76.1 Å². The molecule has 0 aliphatic carbocycles. The third-order valence-corrected chi connectivity index (χ3v) is 13.8. The predicted molar refractivity (Wildman–Crippen MR) is 251 cm³/mol. The van der Waals surface area contributed by atoms with Gasteiger partial charge >= 0.3 is 5.97 Å². The Bertz CT molecular complexity index is 3000. The van der Waals surface area contributed by atoms with Gasteiger partial charge in [0.05, 0.1) is 8.07 Å². The molecule has 61 heavy (non-hydrogen) atoms. The summed E-state index contributed by atoms with van der Waals surface area (Å²) >= 11 is 1.78. The van der Waals surface area contributed by atoms with Crippen molar-refractivity contribution in [1.82, 2.24) is 9.97 Å². The van der Waals surface area contributed by atoms with Gasteiger partial charge in [0.25, 0.3) is 0 Å². The van der Waals surface area contributed by atoms with Crippen LogP contribution in [0.1, 0.15) is 37.0 Å². The molecule has 5 nitrogen and oxygen atoms in total. The van der Waals surface area contributed by atoms with Gasteiger partial charge in [-0.05, 0) is 90.2 Å². The third-order valence-electron chi connectivity index (χ3n) is 10.6. The van der Waals surface area contributed by atoms with Crippen molar-refractivity contribution >= 4 is 50.7 Å². The fraction of sp³-hybridized carbons (Fsp3) is 0.113. The normalized spacial score (nSPS) is 11.6. The first kappa shape index (κ1) is 41.9. The molecule has 0 saturated carbocycles. The largest absolute Gasteiger partial charge is 0.333 e. The Morgan fingerprint density at radius 1 is 0.721 bits per heavy atom. The van der Waals surface area contributed by atoms with Crippen molar-refractivity contribution in [2.45, 2.75) is 39.4 Å². The van der Waals surface area contributed by atoms with Gasteiger partial charge in [0.15, 0.2) is 0 Å². The number of nitrogens with zero attached hydrogens (tertiary/aromatic N) is 2. The molecule has 0 spiro atoms. The number of pyridine rings is 2. The van der Waals surface area contributed by atoms with E-state index >= 15 is 0 Å². The number of benzene rings is 6. The average molecular weight is 1010 g/mol. The summed E-state index contributed by atoms with van der Waals surface area (Å²) in [7, 11) is -1.41. The van der Waals surface area contributed by atoms with E-state index in [1.165, 1.54) is 53.7 Å². The smallest absolute Gasteiger partial charge is 0.306 e. The molecule has 0 fully saturated rings. The van der Waals surface area contributed by atoms with Crippen molar-refractivity contribution in [2.24, 2.45) is 0 Å². The van der Waals surface area contributed by atoms with Crippen LogP contribution >= 0.6 is 11.3 Å². The number of rotatable bonds is 8. The minimum Gasteiger partial charge on any atom is -0.306 e. The second-order valence-electron chi connectivity index (χ2n) is 15.9. The van der Waals surface area contributed by atoms with Crippen LogP contribution in [0.4, 0.5) is 0 Å². The molecule has 3 heterocycles. The summed E-state index contributed by atoms with van der Waals surface area (Å²) < 4.78 is 10.9. The zero-order valence-corrected chi connectivity index (χ0v) is 38.7. The quantitative estimate of drug-likeness (QED) is 0.0711. The van der Waals surface area contributed by atoms with Crippen molar-refractivity contribution in [1.29, 1.82) is 0 Å². The molecule has 3 aromatic heterocycles. The van der Waals surface area contributed by atoms with Crippen LogP contribution in [0.5, 0.6) is 0 Å². The van der Waals surface area contributed by atoms with E-state index in [4.69, 9.17) is 6.63 Å². The van der Waals surface area contributed by atoms with E-state index in [2.05, 4.69) is 125 Å². The topological polar surface area (TPSA) is 72.3 Å². The molecule has 0 atom stereocenters. The Morgan fingerprint density at radius 2 is 1.41 bits per heavy atom. The Balaban J connectivity index is 0.000000192. The molecule has 9 aromatic rings. The van der Waals surface area contributed by atoms with E-state index in [0.717, 1.165) is 33.6 Å². The predicted octanol–water partition coefficient (Wildman–Crippen LogP) is 13.8. The van der Waals surface area contributed by atoms with Gasteiger partial charge in [-0.2, -0.15) is 11.3 Å². The van der Waals surface area contributed by atoms with Crippen molar-refractivity contribution in [3.63, 3.8) is 0 Å². The molecule has 0 unspecified atom stereocenters. The summed E-state index contributed by atoms with van der Waals surface area (Å²) in [5, 5.41) is 12.5. The summed E-state index contributed by atoms with van der Waals surface area (Å²) in [4.78, 5) is 25.1.